The van der Waals surface area contributed by atoms with E-state index in [1.165, 1.54) is 12.1 Å². The van der Waals surface area contributed by atoms with Crippen molar-refractivity contribution in [2.45, 2.75) is 25.8 Å². The van der Waals surface area contributed by atoms with E-state index < -0.39 is 0 Å². The van der Waals surface area contributed by atoms with Gasteiger partial charge in [0.25, 0.3) is 0 Å². The normalized spacial score (nSPS) is 21.5. The summed E-state index contributed by atoms with van der Waals surface area (Å²) in [7, 11) is 0. The average Bonchev–Trinajstić information content (AvgIpc) is 3.12. The van der Waals surface area contributed by atoms with Gasteiger partial charge in [-0.15, -0.1) is 0 Å². The molecule has 3 rings (SSSR count). The quantitative estimate of drug-likeness (QED) is 0.788. The van der Waals surface area contributed by atoms with E-state index in [-0.39, 0.29) is 23.7 Å². The second-order valence-electron chi connectivity index (χ2n) is 6.47. The van der Waals surface area contributed by atoms with Crippen molar-refractivity contribution in [3.63, 3.8) is 0 Å². The molecule has 1 unspecified atom stereocenters. The number of hydrogen-bond donors (Lipinski definition) is 0. The zero-order valence-corrected chi connectivity index (χ0v) is 14.4. The van der Waals surface area contributed by atoms with Gasteiger partial charge in [0, 0.05) is 25.2 Å². The summed E-state index contributed by atoms with van der Waals surface area (Å²) in [5, 5.41) is 0. The molecule has 25 heavy (non-hydrogen) atoms. The second-order valence-corrected chi connectivity index (χ2v) is 6.47. The Morgan fingerprint density at radius 1 is 1.16 bits per heavy atom. The van der Waals surface area contributed by atoms with Crippen molar-refractivity contribution in [2.24, 2.45) is 0 Å². The van der Waals surface area contributed by atoms with Gasteiger partial charge in [-0.2, -0.15) is 0 Å². The number of amides is 2. The minimum atomic E-state index is -0.387. The zero-order chi connectivity index (χ0) is 17.8. The molecule has 2 heterocycles. The molecule has 0 spiro atoms. The van der Waals surface area contributed by atoms with E-state index in [2.05, 4.69) is 0 Å². The van der Waals surface area contributed by atoms with Crippen LogP contribution in [0.25, 0.3) is 6.08 Å². The first-order valence-corrected chi connectivity index (χ1v) is 8.67. The van der Waals surface area contributed by atoms with Crippen molar-refractivity contribution in [1.82, 2.24) is 9.80 Å². The van der Waals surface area contributed by atoms with Crippen LogP contribution in [0.4, 0.5) is 4.39 Å². The van der Waals surface area contributed by atoms with E-state index in [1.807, 2.05) is 0 Å². The van der Waals surface area contributed by atoms with Gasteiger partial charge in [0.05, 0.1) is 13.2 Å². The topological polar surface area (TPSA) is 49.9 Å². The lowest BCUT2D eigenvalue weighted by atomic mass is 10.1. The Kier molecular flexibility index (Phi) is 5.48. The van der Waals surface area contributed by atoms with E-state index in [4.69, 9.17) is 4.74 Å². The zero-order valence-electron chi connectivity index (χ0n) is 14.4. The maximum atomic E-state index is 13.0. The van der Waals surface area contributed by atoms with Crippen LogP contribution in [0.15, 0.2) is 29.8 Å². The van der Waals surface area contributed by atoms with E-state index in [9.17, 15) is 14.0 Å². The largest absolute Gasteiger partial charge is 0.378 e. The number of carbonyl (C=O) groups excluding carboxylic acids is 2. The fourth-order valence-corrected chi connectivity index (χ4v) is 3.36. The van der Waals surface area contributed by atoms with Crippen LogP contribution in [0.1, 0.15) is 25.3 Å². The predicted molar refractivity (Wildman–Crippen MR) is 92.2 cm³/mol. The molecule has 1 aromatic rings. The summed E-state index contributed by atoms with van der Waals surface area (Å²) >= 11 is 0. The highest BCUT2D eigenvalue weighted by molar-refractivity contribution is 6.00. The number of morpholine rings is 1. The molecule has 0 N–H and O–H groups in total. The standard InChI is InChI=1S/C19H23FN2O3/c1-14(13-15-4-6-16(20)7-5-15)18(23)22-8-2-3-17(22)19(24)21-9-11-25-12-10-21/h4-7,13,17H,2-3,8-12H2,1H3/b14-13+. The highest BCUT2D eigenvalue weighted by Crippen LogP contribution is 2.23. The Morgan fingerprint density at radius 3 is 2.52 bits per heavy atom. The third-order valence-electron chi connectivity index (χ3n) is 4.71. The molecule has 0 aliphatic carbocycles. The molecule has 6 heteroatoms. The Balaban J connectivity index is 1.71. The van der Waals surface area contributed by atoms with Crippen LogP contribution in [0.3, 0.4) is 0 Å². The fraction of sp³-hybridized carbons (Fsp3) is 0.474. The molecule has 0 radical (unpaired) electrons. The third-order valence-corrected chi connectivity index (χ3v) is 4.71. The lowest BCUT2D eigenvalue weighted by Crippen LogP contribution is -2.51. The number of likely N-dealkylation sites (tertiary alicyclic amines) is 1. The summed E-state index contributed by atoms with van der Waals surface area (Å²) in [6, 6.07) is 5.61. The molecule has 0 aromatic heterocycles. The molecule has 134 valence electrons. The van der Waals surface area contributed by atoms with Gasteiger partial charge in [-0.1, -0.05) is 12.1 Å². The Bertz CT molecular complexity index is 666. The number of carbonyl (C=O) groups is 2. The van der Waals surface area contributed by atoms with Crippen molar-refractivity contribution in [2.75, 3.05) is 32.8 Å². The van der Waals surface area contributed by atoms with Crippen LogP contribution in [-0.4, -0.2) is 60.5 Å². The monoisotopic (exact) mass is 346 g/mol. The van der Waals surface area contributed by atoms with Crippen molar-refractivity contribution in [1.29, 1.82) is 0 Å². The number of hydrogen-bond acceptors (Lipinski definition) is 3. The third kappa shape index (κ3) is 4.07. The van der Waals surface area contributed by atoms with Crippen LogP contribution in [0, 0.1) is 5.82 Å². The van der Waals surface area contributed by atoms with Crippen LogP contribution < -0.4 is 0 Å². The van der Waals surface area contributed by atoms with Gasteiger partial charge in [0.2, 0.25) is 11.8 Å². The first-order valence-electron chi connectivity index (χ1n) is 8.67. The maximum absolute atomic E-state index is 13.0. The van der Waals surface area contributed by atoms with Gasteiger partial charge in [-0.3, -0.25) is 9.59 Å². The molecular formula is C19H23FN2O3. The molecule has 1 aromatic carbocycles. The van der Waals surface area contributed by atoms with E-state index in [0.29, 0.717) is 44.8 Å². The minimum Gasteiger partial charge on any atom is -0.378 e. The molecular weight excluding hydrogens is 323 g/mol. The van der Waals surface area contributed by atoms with Crippen LogP contribution in [-0.2, 0) is 14.3 Å². The van der Waals surface area contributed by atoms with E-state index in [1.54, 1.807) is 34.9 Å². The summed E-state index contributed by atoms with van der Waals surface area (Å²) in [6.07, 6.45) is 3.26. The fourth-order valence-electron chi connectivity index (χ4n) is 3.36. The average molecular weight is 346 g/mol. The van der Waals surface area contributed by atoms with Crippen molar-refractivity contribution in [3.8, 4) is 0 Å². The van der Waals surface area contributed by atoms with Crippen LogP contribution in [0.2, 0.25) is 0 Å². The molecule has 1 atom stereocenters. The summed E-state index contributed by atoms with van der Waals surface area (Å²) in [4.78, 5) is 29.0. The SMILES string of the molecule is C/C(=C\c1ccc(F)cc1)C(=O)N1CCCC1C(=O)N1CCOCC1. The second kappa shape index (κ2) is 7.78. The van der Waals surface area contributed by atoms with Gasteiger partial charge in [-0.25, -0.2) is 4.39 Å². The number of halogens is 1. The smallest absolute Gasteiger partial charge is 0.250 e. The molecule has 2 aliphatic heterocycles. The summed E-state index contributed by atoms with van der Waals surface area (Å²) in [6.45, 7) is 4.60. The highest BCUT2D eigenvalue weighted by Gasteiger charge is 2.37. The maximum Gasteiger partial charge on any atom is 0.250 e. The number of ether oxygens (including phenoxy) is 1. The molecule has 0 saturated carbocycles. The highest BCUT2D eigenvalue weighted by atomic mass is 19.1. The van der Waals surface area contributed by atoms with Crippen molar-refractivity contribution >= 4 is 17.9 Å². The van der Waals surface area contributed by atoms with Gasteiger partial charge >= 0.3 is 0 Å². The summed E-state index contributed by atoms with van der Waals surface area (Å²) < 4.78 is 18.3. The summed E-state index contributed by atoms with van der Waals surface area (Å²) in [5.41, 5.74) is 1.32. The van der Waals surface area contributed by atoms with E-state index >= 15 is 0 Å². The van der Waals surface area contributed by atoms with Crippen LogP contribution >= 0.6 is 0 Å². The molecule has 2 amide bonds. The minimum absolute atomic E-state index is 0.0173. The van der Waals surface area contributed by atoms with Crippen molar-refractivity contribution < 1.29 is 18.7 Å². The first kappa shape index (κ1) is 17.6. The first-order chi connectivity index (χ1) is 12.1. The van der Waals surface area contributed by atoms with Gasteiger partial charge < -0.3 is 14.5 Å². The number of benzene rings is 1. The molecule has 0 bridgehead atoms. The molecule has 5 nitrogen and oxygen atoms in total. The molecule has 2 aliphatic rings. The molecule has 2 saturated heterocycles. The Labute approximate surface area is 147 Å². The van der Waals surface area contributed by atoms with Gasteiger partial charge in [0.15, 0.2) is 0 Å². The summed E-state index contributed by atoms with van der Waals surface area (Å²) in [5.74, 6) is -0.422. The van der Waals surface area contributed by atoms with Gasteiger partial charge in [0.1, 0.15) is 11.9 Å². The van der Waals surface area contributed by atoms with Gasteiger partial charge in [-0.05, 0) is 43.5 Å². The lowest BCUT2D eigenvalue weighted by molar-refractivity contribution is -0.144. The Hall–Kier alpha value is -2.21. The Morgan fingerprint density at radius 2 is 1.84 bits per heavy atom. The van der Waals surface area contributed by atoms with Crippen LogP contribution in [0.5, 0.6) is 0 Å². The van der Waals surface area contributed by atoms with E-state index in [0.717, 1.165) is 12.0 Å². The molecule has 2 fully saturated rings. The lowest BCUT2D eigenvalue weighted by Gasteiger charge is -2.32. The number of nitrogens with zero attached hydrogens (tertiary/aromatic N) is 2. The predicted octanol–water partition coefficient (Wildman–Crippen LogP) is 2.08. The number of rotatable bonds is 3. The van der Waals surface area contributed by atoms with Crippen molar-refractivity contribution in [3.05, 3.63) is 41.2 Å².